The Bertz CT molecular complexity index is 412. The van der Waals surface area contributed by atoms with Crippen molar-refractivity contribution in [2.45, 2.75) is 45.3 Å². The van der Waals surface area contributed by atoms with Gasteiger partial charge in [-0.15, -0.1) is 0 Å². The third-order valence-corrected chi connectivity index (χ3v) is 8.36. The quantitative estimate of drug-likeness (QED) is 0.792. The molecule has 1 aromatic rings. The average molecular weight is 296 g/mol. The van der Waals surface area contributed by atoms with Crippen LogP contribution in [0.15, 0.2) is 24.3 Å². The fourth-order valence-corrected chi connectivity index (χ4v) is 2.54. The van der Waals surface area contributed by atoms with Crippen molar-refractivity contribution < 1.29 is 19.1 Å². The van der Waals surface area contributed by atoms with E-state index in [0.717, 1.165) is 12.0 Å². The molecule has 112 valence electrons. The summed E-state index contributed by atoms with van der Waals surface area (Å²) in [4.78, 5) is 0. The summed E-state index contributed by atoms with van der Waals surface area (Å²) in [6, 6.07) is 7.27. The van der Waals surface area contributed by atoms with Crippen LogP contribution in [0.4, 0.5) is 0 Å². The zero-order valence-corrected chi connectivity index (χ0v) is 14.0. The summed E-state index contributed by atoms with van der Waals surface area (Å²) in [5, 5.41) is 17.6. The lowest BCUT2D eigenvalue weighted by Crippen LogP contribution is -2.41. The van der Waals surface area contributed by atoms with Crippen molar-refractivity contribution in [2.75, 3.05) is 6.61 Å². The lowest BCUT2D eigenvalue weighted by atomic mass is 10.1. The average Bonchev–Trinajstić information content (AvgIpc) is 2.29. The van der Waals surface area contributed by atoms with Crippen LogP contribution in [0.5, 0.6) is 5.75 Å². The predicted octanol–water partition coefficient (Wildman–Crippen LogP) is 2.60. The predicted molar refractivity (Wildman–Crippen MR) is 84.1 cm³/mol. The molecule has 1 rings (SSSR count). The Kier molecular flexibility index (Phi) is 5.82. The summed E-state index contributed by atoms with van der Waals surface area (Å²) in [5.41, 5.74) is 1.14. The van der Waals surface area contributed by atoms with Gasteiger partial charge >= 0.3 is 7.32 Å². The highest BCUT2D eigenvalue weighted by atomic mass is 28.4. The minimum absolute atomic E-state index is 0.224. The fraction of sp³-hybridized carbons (Fsp3) is 0.571. The first kappa shape index (κ1) is 17.2. The Morgan fingerprint density at radius 3 is 2.10 bits per heavy atom. The third-order valence-electron chi connectivity index (χ3n) is 3.82. The topological polar surface area (TPSA) is 58.9 Å². The Balaban J connectivity index is 2.47. The van der Waals surface area contributed by atoms with Gasteiger partial charge in [0.25, 0.3) is 0 Å². The normalized spacial score (nSPS) is 12.3. The molecule has 6 heteroatoms. The van der Waals surface area contributed by atoms with E-state index >= 15 is 0 Å². The van der Waals surface area contributed by atoms with Crippen molar-refractivity contribution in [2.24, 2.45) is 0 Å². The first-order valence-electron chi connectivity index (χ1n) is 6.87. The highest BCUT2D eigenvalue weighted by Gasteiger charge is 2.36. The van der Waals surface area contributed by atoms with E-state index < -0.39 is 15.6 Å². The van der Waals surface area contributed by atoms with Crippen LogP contribution in [0.3, 0.4) is 0 Å². The van der Waals surface area contributed by atoms with Crippen LogP contribution >= 0.6 is 0 Å². The van der Waals surface area contributed by atoms with Crippen molar-refractivity contribution in [3.63, 3.8) is 0 Å². The second-order valence-electron chi connectivity index (χ2n) is 6.45. The molecule has 0 aliphatic carbocycles. The second kappa shape index (κ2) is 6.76. The monoisotopic (exact) mass is 296 g/mol. The largest absolute Gasteiger partial charge is 0.707 e. The van der Waals surface area contributed by atoms with Gasteiger partial charge in [0.15, 0.2) is 8.32 Å². The van der Waals surface area contributed by atoms with E-state index in [4.69, 9.17) is 19.1 Å². The molecule has 0 spiro atoms. The van der Waals surface area contributed by atoms with E-state index in [9.17, 15) is 0 Å². The third kappa shape index (κ3) is 5.28. The van der Waals surface area contributed by atoms with Crippen LogP contribution in [0.1, 0.15) is 26.3 Å². The summed E-state index contributed by atoms with van der Waals surface area (Å²) < 4.78 is 10.9. The molecular formula is C14H25BO4Si. The first-order chi connectivity index (χ1) is 9.12. The fourth-order valence-electron chi connectivity index (χ4n) is 1.50. The molecule has 2 N–H and O–H groups in total. The molecule has 0 radical (unpaired) electrons. The van der Waals surface area contributed by atoms with Gasteiger partial charge in [0, 0.05) is 6.61 Å². The standard InChI is InChI=1S/C14H25BO4Si/c1-14(2,3)20(4,5)18-11-10-12-6-8-13(9-7-12)19-15(16)17/h6-9,16-17H,10-11H2,1-5H3. The maximum Gasteiger partial charge on any atom is 0.707 e. The number of benzene rings is 1. The van der Waals surface area contributed by atoms with Gasteiger partial charge in [-0.2, -0.15) is 0 Å². The molecular weight excluding hydrogens is 271 g/mol. The van der Waals surface area contributed by atoms with Crippen LogP contribution in [-0.4, -0.2) is 32.3 Å². The highest BCUT2D eigenvalue weighted by molar-refractivity contribution is 6.74. The molecule has 0 bridgehead atoms. The molecule has 4 nitrogen and oxygen atoms in total. The van der Waals surface area contributed by atoms with E-state index in [1.165, 1.54) is 0 Å². The van der Waals surface area contributed by atoms with Gasteiger partial charge in [-0.1, -0.05) is 32.9 Å². The Morgan fingerprint density at radius 1 is 1.10 bits per heavy atom. The smallest absolute Gasteiger partial charge is 0.512 e. The molecule has 0 aliphatic heterocycles. The molecule has 0 fully saturated rings. The molecule has 0 amide bonds. The van der Waals surface area contributed by atoms with Gasteiger partial charge < -0.3 is 19.1 Å². The zero-order valence-electron chi connectivity index (χ0n) is 13.0. The lowest BCUT2D eigenvalue weighted by Gasteiger charge is -2.36. The van der Waals surface area contributed by atoms with Crippen molar-refractivity contribution in [1.29, 1.82) is 0 Å². The van der Waals surface area contributed by atoms with E-state index in [1.807, 2.05) is 12.1 Å². The minimum atomic E-state index is -1.78. The Morgan fingerprint density at radius 2 is 1.65 bits per heavy atom. The summed E-state index contributed by atoms with van der Waals surface area (Å²) >= 11 is 0. The second-order valence-corrected chi connectivity index (χ2v) is 11.3. The molecule has 0 unspecified atom stereocenters. The summed E-state index contributed by atoms with van der Waals surface area (Å²) in [7, 11) is -3.46. The van der Waals surface area contributed by atoms with Gasteiger partial charge in [-0.25, -0.2) is 0 Å². The molecule has 0 heterocycles. The molecule has 0 saturated heterocycles. The molecule has 1 aromatic carbocycles. The SMILES string of the molecule is CC(C)(C)[Si](C)(C)OCCc1ccc(OB(O)O)cc1. The van der Waals surface area contributed by atoms with Crippen molar-refractivity contribution >= 4 is 15.6 Å². The van der Waals surface area contributed by atoms with Gasteiger partial charge in [0.1, 0.15) is 5.75 Å². The maximum atomic E-state index is 8.70. The van der Waals surface area contributed by atoms with Gasteiger partial charge in [0.2, 0.25) is 0 Å². The van der Waals surface area contributed by atoms with Crippen LogP contribution in [-0.2, 0) is 10.8 Å². The number of hydrogen-bond donors (Lipinski definition) is 2. The molecule has 20 heavy (non-hydrogen) atoms. The molecule has 0 saturated carbocycles. The van der Waals surface area contributed by atoms with Crippen LogP contribution < -0.4 is 4.65 Å². The van der Waals surface area contributed by atoms with Crippen LogP contribution in [0.2, 0.25) is 18.1 Å². The number of rotatable bonds is 6. The minimum Gasteiger partial charge on any atom is -0.512 e. The highest BCUT2D eigenvalue weighted by Crippen LogP contribution is 2.36. The summed E-state index contributed by atoms with van der Waals surface area (Å²) in [6.45, 7) is 11.9. The van der Waals surface area contributed by atoms with Crippen molar-refractivity contribution in [3.8, 4) is 5.75 Å². The van der Waals surface area contributed by atoms with Gasteiger partial charge in [0.05, 0.1) is 0 Å². The maximum absolute atomic E-state index is 8.70. The lowest BCUT2D eigenvalue weighted by molar-refractivity contribution is 0.287. The molecule has 0 aliphatic rings. The summed E-state index contributed by atoms with van der Waals surface area (Å²) in [5.74, 6) is 0.439. The van der Waals surface area contributed by atoms with E-state index in [0.29, 0.717) is 12.4 Å². The first-order valence-corrected chi connectivity index (χ1v) is 9.78. The van der Waals surface area contributed by atoms with Gasteiger partial charge in [-0.3, -0.25) is 0 Å². The van der Waals surface area contributed by atoms with Crippen molar-refractivity contribution in [3.05, 3.63) is 29.8 Å². The Labute approximate surface area is 123 Å². The Hall–Kier alpha value is -0.818. The van der Waals surface area contributed by atoms with E-state index in [-0.39, 0.29) is 5.04 Å². The van der Waals surface area contributed by atoms with Crippen molar-refractivity contribution in [1.82, 2.24) is 0 Å². The van der Waals surface area contributed by atoms with Crippen LogP contribution in [0.25, 0.3) is 0 Å². The van der Waals surface area contributed by atoms with Crippen LogP contribution in [0, 0.1) is 0 Å². The molecule has 0 atom stereocenters. The van der Waals surface area contributed by atoms with E-state index in [1.54, 1.807) is 12.1 Å². The van der Waals surface area contributed by atoms with Gasteiger partial charge in [-0.05, 0) is 42.2 Å². The summed E-state index contributed by atoms with van der Waals surface area (Å²) in [6.07, 6.45) is 0.842. The van der Waals surface area contributed by atoms with E-state index in [2.05, 4.69) is 33.9 Å². The molecule has 0 aromatic heterocycles. The number of hydrogen-bond acceptors (Lipinski definition) is 4. The zero-order chi connectivity index (χ0) is 15.4.